The van der Waals surface area contributed by atoms with Crippen LogP contribution in [0.25, 0.3) is 6.08 Å². The summed E-state index contributed by atoms with van der Waals surface area (Å²) < 4.78 is 24.5. The lowest BCUT2D eigenvalue weighted by atomic mass is 10.1. The number of nitrogens with zero attached hydrogens (tertiary/aromatic N) is 1. The van der Waals surface area contributed by atoms with Crippen molar-refractivity contribution < 1.29 is 23.5 Å². The number of nitrogens with one attached hydrogen (secondary N) is 2. The lowest BCUT2D eigenvalue weighted by Crippen LogP contribution is -2.21. The molecule has 0 radical (unpaired) electrons. The number of ether oxygens (including phenoxy) is 2. The van der Waals surface area contributed by atoms with Crippen molar-refractivity contribution in [2.75, 3.05) is 24.4 Å². The van der Waals surface area contributed by atoms with Gasteiger partial charge >= 0.3 is 0 Å². The Morgan fingerprint density at radius 1 is 1.03 bits per heavy atom. The molecule has 0 aliphatic heterocycles. The number of halogens is 3. The summed E-state index contributed by atoms with van der Waals surface area (Å²) in [6.45, 7) is -0.469. The predicted octanol–water partition coefficient (Wildman–Crippen LogP) is 5.70. The summed E-state index contributed by atoms with van der Waals surface area (Å²) in [5.41, 5.74) is 0.536. The van der Waals surface area contributed by atoms with Gasteiger partial charge in [0, 0.05) is 0 Å². The minimum atomic E-state index is -0.666. The Bertz CT molecular complexity index is 1340. The smallest absolute Gasteiger partial charge is 0.266 e. The van der Waals surface area contributed by atoms with Gasteiger partial charge < -0.3 is 20.1 Å². The van der Waals surface area contributed by atoms with Gasteiger partial charge in [0.25, 0.3) is 11.8 Å². The van der Waals surface area contributed by atoms with Crippen molar-refractivity contribution in [1.29, 1.82) is 5.26 Å². The Kier molecular flexibility index (Phi) is 8.68. The highest BCUT2D eigenvalue weighted by Gasteiger charge is 2.16. The first-order valence-corrected chi connectivity index (χ1v) is 10.8. The number of para-hydroxylation sites is 2. The second-order valence-corrected chi connectivity index (χ2v) is 7.77. The first kappa shape index (κ1) is 25.6. The molecule has 0 unspecified atom stereocenters. The first-order valence-electron chi connectivity index (χ1n) is 10.0. The maximum absolute atomic E-state index is 13.7. The third-order valence-corrected chi connectivity index (χ3v) is 5.16. The molecular weight excluding hydrogens is 496 g/mol. The van der Waals surface area contributed by atoms with Crippen molar-refractivity contribution in [3.05, 3.63) is 87.7 Å². The number of anilines is 2. The summed E-state index contributed by atoms with van der Waals surface area (Å²) in [6, 6.07) is 17.1. The molecule has 0 fully saturated rings. The van der Waals surface area contributed by atoms with Gasteiger partial charge in [0.2, 0.25) is 0 Å². The third kappa shape index (κ3) is 6.73. The fourth-order valence-electron chi connectivity index (χ4n) is 2.92. The minimum absolute atomic E-state index is 0.0127. The van der Waals surface area contributed by atoms with E-state index in [1.807, 2.05) is 6.07 Å². The summed E-state index contributed by atoms with van der Waals surface area (Å²) in [5.74, 6) is -1.64. The highest BCUT2D eigenvalue weighted by Crippen LogP contribution is 2.37. The van der Waals surface area contributed by atoms with E-state index < -0.39 is 24.2 Å². The van der Waals surface area contributed by atoms with Crippen LogP contribution < -0.4 is 20.1 Å². The normalized spacial score (nSPS) is 10.8. The molecule has 0 saturated carbocycles. The topological polar surface area (TPSA) is 100 Å². The molecule has 3 aromatic rings. The average Bonchev–Trinajstić information content (AvgIpc) is 2.84. The molecule has 0 aliphatic rings. The SMILES string of the molecule is COc1cc(/C=C(\C#N)C(=O)Nc2ccccc2Cl)cc(Cl)c1OCC(=O)Nc1ccccc1F. The van der Waals surface area contributed by atoms with Gasteiger partial charge in [-0.2, -0.15) is 5.26 Å². The van der Waals surface area contributed by atoms with Gasteiger partial charge in [0.15, 0.2) is 18.1 Å². The summed E-state index contributed by atoms with van der Waals surface area (Å²) in [5, 5.41) is 14.8. The van der Waals surface area contributed by atoms with Crippen LogP contribution in [0.5, 0.6) is 11.5 Å². The van der Waals surface area contributed by atoms with E-state index in [2.05, 4.69) is 10.6 Å². The molecule has 2 N–H and O–H groups in total. The van der Waals surface area contributed by atoms with Gasteiger partial charge in [-0.25, -0.2) is 4.39 Å². The second kappa shape index (κ2) is 11.9. The van der Waals surface area contributed by atoms with Crippen molar-refractivity contribution in [2.24, 2.45) is 0 Å². The molecule has 0 spiro atoms. The number of hydrogen-bond donors (Lipinski definition) is 2. The highest BCUT2D eigenvalue weighted by molar-refractivity contribution is 6.34. The summed E-state index contributed by atoms with van der Waals surface area (Å²) in [6.07, 6.45) is 1.31. The summed E-state index contributed by atoms with van der Waals surface area (Å²) in [7, 11) is 1.36. The standard InChI is InChI=1S/C25H18Cl2FN3O4/c1-34-22-12-15(10-16(13-29)25(33)31-20-8-4-2-6-17(20)26)11-18(27)24(22)35-14-23(32)30-21-9-5-3-7-19(21)28/h2-12H,14H2,1H3,(H,30,32)(H,31,33)/b16-10+. The van der Waals surface area contributed by atoms with Crippen molar-refractivity contribution in [2.45, 2.75) is 0 Å². The Labute approximate surface area is 210 Å². The molecule has 10 heteroatoms. The molecule has 35 heavy (non-hydrogen) atoms. The van der Waals surface area contributed by atoms with E-state index >= 15 is 0 Å². The molecule has 0 atom stereocenters. The number of carbonyl (C=O) groups is 2. The zero-order chi connectivity index (χ0) is 25.4. The lowest BCUT2D eigenvalue weighted by Gasteiger charge is -2.14. The monoisotopic (exact) mass is 513 g/mol. The molecule has 7 nitrogen and oxygen atoms in total. The van der Waals surface area contributed by atoms with Gasteiger partial charge in [-0.3, -0.25) is 9.59 Å². The van der Waals surface area contributed by atoms with Gasteiger partial charge in [-0.15, -0.1) is 0 Å². The van der Waals surface area contributed by atoms with Gasteiger partial charge in [-0.1, -0.05) is 47.5 Å². The summed E-state index contributed by atoms with van der Waals surface area (Å²) in [4.78, 5) is 24.7. The molecule has 0 heterocycles. The molecule has 3 rings (SSSR count). The van der Waals surface area contributed by atoms with E-state index in [0.29, 0.717) is 16.3 Å². The molecule has 2 amide bonds. The van der Waals surface area contributed by atoms with Gasteiger partial charge in [0.1, 0.15) is 17.5 Å². The molecule has 0 aromatic heterocycles. The summed E-state index contributed by atoms with van der Waals surface area (Å²) >= 11 is 12.4. The van der Waals surface area contributed by atoms with Crippen LogP contribution in [-0.2, 0) is 9.59 Å². The van der Waals surface area contributed by atoms with Crippen molar-refractivity contribution in [3.63, 3.8) is 0 Å². The van der Waals surface area contributed by atoms with E-state index in [1.54, 1.807) is 30.3 Å². The van der Waals surface area contributed by atoms with Crippen molar-refractivity contribution in [1.82, 2.24) is 0 Å². The van der Waals surface area contributed by atoms with Gasteiger partial charge in [-0.05, 0) is 48.0 Å². The van der Waals surface area contributed by atoms with E-state index in [0.717, 1.165) is 0 Å². The minimum Gasteiger partial charge on any atom is -0.493 e. The maximum Gasteiger partial charge on any atom is 0.266 e. The Morgan fingerprint density at radius 3 is 2.37 bits per heavy atom. The van der Waals surface area contributed by atoms with Crippen molar-refractivity contribution >= 4 is 52.5 Å². The van der Waals surface area contributed by atoms with E-state index in [4.69, 9.17) is 32.7 Å². The van der Waals surface area contributed by atoms with Crippen LogP contribution in [-0.4, -0.2) is 25.5 Å². The van der Waals surface area contributed by atoms with E-state index in [9.17, 15) is 19.2 Å². The largest absolute Gasteiger partial charge is 0.493 e. The number of benzene rings is 3. The fraction of sp³-hybridized carbons (Fsp3) is 0.0800. The number of rotatable bonds is 8. The van der Waals surface area contributed by atoms with Crippen LogP contribution in [0.1, 0.15) is 5.56 Å². The average molecular weight is 514 g/mol. The van der Waals surface area contributed by atoms with Crippen LogP contribution in [0.2, 0.25) is 10.0 Å². The Morgan fingerprint density at radius 2 is 1.71 bits per heavy atom. The maximum atomic E-state index is 13.7. The third-order valence-electron chi connectivity index (χ3n) is 4.55. The molecule has 3 aromatic carbocycles. The first-order chi connectivity index (χ1) is 16.8. The molecular formula is C25H18Cl2FN3O4. The number of amides is 2. The fourth-order valence-corrected chi connectivity index (χ4v) is 3.37. The second-order valence-electron chi connectivity index (χ2n) is 6.95. The van der Waals surface area contributed by atoms with Crippen LogP contribution in [0.4, 0.5) is 15.8 Å². The quantitative estimate of drug-likeness (QED) is 0.297. The molecule has 0 bridgehead atoms. The zero-order valence-electron chi connectivity index (χ0n) is 18.3. The number of nitriles is 1. The number of methoxy groups -OCH3 is 1. The van der Waals surface area contributed by atoms with E-state index in [-0.39, 0.29) is 27.8 Å². The molecule has 0 aliphatic carbocycles. The van der Waals surface area contributed by atoms with Gasteiger partial charge in [0.05, 0.1) is 28.5 Å². The zero-order valence-corrected chi connectivity index (χ0v) is 19.8. The number of carbonyl (C=O) groups excluding carboxylic acids is 2. The molecule has 0 saturated heterocycles. The molecule has 178 valence electrons. The van der Waals surface area contributed by atoms with E-state index in [1.165, 1.54) is 43.5 Å². The van der Waals surface area contributed by atoms with Crippen molar-refractivity contribution in [3.8, 4) is 17.6 Å². The van der Waals surface area contributed by atoms with Crippen LogP contribution >= 0.6 is 23.2 Å². The van der Waals surface area contributed by atoms with Crippen LogP contribution in [0, 0.1) is 17.1 Å². The van der Waals surface area contributed by atoms with Crippen LogP contribution in [0.3, 0.4) is 0 Å². The predicted molar refractivity (Wildman–Crippen MR) is 132 cm³/mol. The van der Waals surface area contributed by atoms with Crippen LogP contribution in [0.15, 0.2) is 66.2 Å². The Balaban J connectivity index is 1.75. The number of hydrogen-bond acceptors (Lipinski definition) is 5. The lowest BCUT2D eigenvalue weighted by molar-refractivity contribution is -0.118. The highest BCUT2D eigenvalue weighted by atomic mass is 35.5. The Hall–Kier alpha value is -4.06.